The van der Waals surface area contributed by atoms with E-state index in [0.29, 0.717) is 0 Å². The molecule has 3 heteroatoms. The highest BCUT2D eigenvalue weighted by Gasteiger charge is 2.43. The molecule has 1 aromatic carbocycles. The highest BCUT2D eigenvalue weighted by molar-refractivity contribution is 9.10. The van der Waals surface area contributed by atoms with Gasteiger partial charge in [0.1, 0.15) is 0 Å². The predicted molar refractivity (Wildman–Crippen MR) is 59.1 cm³/mol. The molecule has 1 aromatic rings. The summed E-state index contributed by atoms with van der Waals surface area (Å²) in [5.41, 5.74) is 0.552. The van der Waals surface area contributed by atoms with Crippen LogP contribution in [-0.4, -0.2) is 11.4 Å². The van der Waals surface area contributed by atoms with E-state index in [9.17, 15) is 5.11 Å². The molecule has 0 amide bonds. The van der Waals surface area contributed by atoms with Gasteiger partial charge in [-0.1, -0.05) is 15.9 Å². The fraction of sp³-hybridized carbons (Fsp3) is 0.400. The number of thioether (sulfide) groups is 1. The topological polar surface area (TPSA) is 20.2 Å². The van der Waals surface area contributed by atoms with Gasteiger partial charge in [0.2, 0.25) is 0 Å². The van der Waals surface area contributed by atoms with E-state index < -0.39 is 5.60 Å². The largest absolute Gasteiger partial charge is 0.385 e. The van der Waals surface area contributed by atoms with E-state index in [1.54, 1.807) is 11.8 Å². The van der Waals surface area contributed by atoms with Crippen LogP contribution in [0.5, 0.6) is 0 Å². The van der Waals surface area contributed by atoms with Gasteiger partial charge in [0.05, 0.1) is 5.60 Å². The first-order chi connectivity index (χ1) is 6.15. The minimum Gasteiger partial charge on any atom is -0.385 e. The molecule has 0 saturated heterocycles. The van der Waals surface area contributed by atoms with Crippen molar-refractivity contribution in [3.63, 3.8) is 0 Å². The van der Waals surface area contributed by atoms with Crippen molar-refractivity contribution >= 4 is 27.7 Å². The second kappa shape index (κ2) is 3.30. The predicted octanol–water partition coefficient (Wildman–Crippen LogP) is 3.15. The summed E-state index contributed by atoms with van der Waals surface area (Å²) < 4.78 is 1.04. The Labute approximate surface area is 90.7 Å². The van der Waals surface area contributed by atoms with Gasteiger partial charge < -0.3 is 5.11 Å². The van der Waals surface area contributed by atoms with Crippen LogP contribution >= 0.6 is 27.7 Å². The van der Waals surface area contributed by atoms with Gasteiger partial charge in [-0.15, -0.1) is 11.8 Å². The first-order valence-electron chi connectivity index (χ1n) is 4.22. The molecule has 1 saturated carbocycles. The van der Waals surface area contributed by atoms with Gasteiger partial charge in [-0.3, -0.25) is 0 Å². The van der Waals surface area contributed by atoms with Crippen LogP contribution in [0.2, 0.25) is 0 Å². The number of hydrogen-bond acceptors (Lipinski definition) is 2. The van der Waals surface area contributed by atoms with Gasteiger partial charge in [-0.2, -0.15) is 0 Å². The van der Waals surface area contributed by atoms with Crippen molar-refractivity contribution in [2.24, 2.45) is 0 Å². The summed E-state index contributed by atoms with van der Waals surface area (Å²) >= 11 is 5.12. The van der Waals surface area contributed by atoms with E-state index >= 15 is 0 Å². The van der Waals surface area contributed by atoms with E-state index in [1.807, 2.05) is 18.4 Å². The van der Waals surface area contributed by atoms with Crippen molar-refractivity contribution in [3.8, 4) is 0 Å². The lowest BCUT2D eigenvalue weighted by atomic mass is 10.1. The molecule has 0 atom stereocenters. The maximum absolute atomic E-state index is 10.0. The van der Waals surface area contributed by atoms with E-state index in [-0.39, 0.29) is 0 Å². The van der Waals surface area contributed by atoms with Crippen molar-refractivity contribution in [2.75, 3.05) is 6.26 Å². The van der Waals surface area contributed by atoms with Gasteiger partial charge in [0, 0.05) is 9.37 Å². The van der Waals surface area contributed by atoms with E-state index in [2.05, 4.69) is 22.0 Å². The maximum Gasteiger partial charge on any atom is 0.0910 e. The minimum absolute atomic E-state index is 0.526. The molecule has 1 nitrogen and oxygen atoms in total. The van der Waals surface area contributed by atoms with Gasteiger partial charge in [0.25, 0.3) is 0 Å². The van der Waals surface area contributed by atoms with Crippen LogP contribution in [-0.2, 0) is 5.60 Å². The zero-order chi connectivity index (χ0) is 9.47. The van der Waals surface area contributed by atoms with Crippen LogP contribution in [0, 0.1) is 0 Å². The Morgan fingerprint density at radius 2 is 2.15 bits per heavy atom. The summed E-state index contributed by atoms with van der Waals surface area (Å²) in [5.74, 6) is 0. The molecule has 1 aliphatic rings. The normalized spacial score (nSPS) is 18.7. The minimum atomic E-state index is -0.526. The zero-order valence-electron chi connectivity index (χ0n) is 7.38. The summed E-state index contributed by atoms with van der Waals surface area (Å²) in [4.78, 5) is 1.18. The standard InChI is InChI=1S/C10H11BrOS/c1-13-9-3-2-7(11)6-8(9)10(12)4-5-10/h2-3,6,12H,4-5H2,1H3. The molecule has 2 rings (SSSR count). The van der Waals surface area contributed by atoms with Crippen LogP contribution in [0.25, 0.3) is 0 Å². The molecular formula is C10H11BrOS. The molecule has 0 spiro atoms. The average molecular weight is 259 g/mol. The molecule has 1 N–H and O–H groups in total. The summed E-state index contributed by atoms with van der Waals surface area (Å²) in [5, 5.41) is 10.0. The number of hydrogen-bond donors (Lipinski definition) is 1. The highest BCUT2D eigenvalue weighted by Crippen LogP contribution is 2.48. The molecule has 0 bridgehead atoms. The molecule has 1 fully saturated rings. The lowest BCUT2D eigenvalue weighted by Crippen LogP contribution is -2.05. The highest BCUT2D eigenvalue weighted by atomic mass is 79.9. The van der Waals surface area contributed by atoms with Crippen molar-refractivity contribution in [1.82, 2.24) is 0 Å². The Morgan fingerprint density at radius 1 is 1.46 bits per heavy atom. The van der Waals surface area contributed by atoms with E-state index in [0.717, 1.165) is 22.9 Å². The first-order valence-corrected chi connectivity index (χ1v) is 6.24. The lowest BCUT2D eigenvalue weighted by molar-refractivity contribution is 0.148. The molecular weight excluding hydrogens is 248 g/mol. The molecule has 0 aliphatic heterocycles. The van der Waals surface area contributed by atoms with Gasteiger partial charge in [-0.25, -0.2) is 0 Å². The third-order valence-corrected chi connectivity index (χ3v) is 3.68. The summed E-state index contributed by atoms with van der Waals surface area (Å²) in [6, 6.07) is 6.10. The molecule has 0 heterocycles. The van der Waals surface area contributed by atoms with E-state index in [1.165, 1.54) is 4.90 Å². The van der Waals surface area contributed by atoms with Crippen LogP contribution < -0.4 is 0 Å². The molecule has 70 valence electrons. The van der Waals surface area contributed by atoms with Crippen LogP contribution in [0.3, 0.4) is 0 Å². The Hall–Kier alpha value is 0.01000. The summed E-state index contributed by atoms with van der Waals surface area (Å²) in [7, 11) is 0. The molecule has 0 aromatic heterocycles. The lowest BCUT2D eigenvalue weighted by Gasteiger charge is -2.12. The molecule has 0 unspecified atom stereocenters. The Bertz CT molecular complexity index is 334. The fourth-order valence-electron chi connectivity index (χ4n) is 1.43. The maximum atomic E-state index is 10.0. The van der Waals surface area contributed by atoms with Gasteiger partial charge in [-0.05, 0) is 42.9 Å². The van der Waals surface area contributed by atoms with Gasteiger partial charge >= 0.3 is 0 Å². The van der Waals surface area contributed by atoms with Crippen LogP contribution in [0.1, 0.15) is 18.4 Å². The average Bonchev–Trinajstić information content (AvgIpc) is 2.85. The molecule has 1 aliphatic carbocycles. The third-order valence-electron chi connectivity index (χ3n) is 2.39. The van der Waals surface area contributed by atoms with E-state index in [4.69, 9.17) is 0 Å². The number of aliphatic hydroxyl groups is 1. The smallest absolute Gasteiger partial charge is 0.0910 e. The third kappa shape index (κ3) is 1.78. The molecule has 0 radical (unpaired) electrons. The zero-order valence-corrected chi connectivity index (χ0v) is 9.78. The quantitative estimate of drug-likeness (QED) is 0.823. The van der Waals surface area contributed by atoms with Crippen molar-refractivity contribution in [3.05, 3.63) is 28.2 Å². The molecule has 13 heavy (non-hydrogen) atoms. The first kappa shape index (κ1) is 9.56. The summed E-state index contributed by atoms with van der Waals surface area (Å²) in [6.07, 6.45) is 3.84. The Balaban J connectivity index is 2.47. The monoisotopic (exact) mass is 258 g/mol. The van der Waals surface area contributed by atoms with Crippen LogP contribution in [0.15, 0.2) is 27.6 Å². The van der Waals surface area contributed by atoms with Crippen molar-refractivity contribution < 1.29 is 5.11 Å². The van der Waals surface area contributed by atoms with Crippen molar-refractivity contribution in [2.45, 2.75) is 23.3 Å². The Kier molecular flexibility index (Phi) is 2.43. The second-order valence-corrected chi connectivity index (χ2v) is 5.14. The fourth-order valence-corrected chi connectivity index (χ4v) is 2.47. The Morgan fingerprint density at radius 3 is 2.69 bits per heavy atom. The van der Waals surface area contributed by atoms with Crippen molar-refractivity contribution in [1.29, 1.82) is 0 Å². The SMILES string of the molecule is CSc1ccc(Br)cc1C1(O)CC1. The summed E-state index contributed by atoms with van der Waals surface area (Å²) in [6.45, 7) is 0. The number of benzene rings is 1. The van der Waals surface area contributed by atoms with Crippen LogP contribution in [0.4, 0.5) is 0 Å². The van der Waals surface area contributed by atoms with Gasteiger partial charge in [0.15, 0.2) is 0 Å². The number of rotatable bonds is 2. The second-order valence-electron chi connectivity index (χ2n) is 3.38. The number of halogens is 1.